The zero-order valence-corrected chi connectivity index (χ0v) is 27.6. The van der Waals surface area contributed by atoms with Gasteiger partial charge in [-0.25, -0.2) is 4.99 Å². The molecular weight excluding hydrogens is 645 g/mol. The van der Waals surface area contributed by atoms with Gasteiger partial charge in [0.25, 0.3) is 11.6 Å². The Bertz CT molecular complexity index is 1910. The van der Waals surface area contributed by atoms with Gasteiger partial charge in [0.1, 0.15) is 6.61 Å². The molecule has 1 fully saturated rings. The van der Waals surface area contributed by atoms with E-state index in [1.807, 2.05) is 44.2 Å². The van der Waals surface area contributed by atoms with Crippen LogP contribution in [0.15, 0.2) is 95.3 Å². The minimum atomic E-state index is -0.446. The summed E-state index contributed by atoms with van der Waals surface area (Å²) >= 11 is 14.1. The molecule has 0 unspecified atom stereocenters. The van der Waals surface area contributed by atoms with Crippen LogP contribution in [0.1, 0.15) is 27.8 Å². The van der Waals surface area contributed by atoms with Gasteiger partial charge in [-0.3, -0.25) is 19.8 Å². The van der Waals surface area contributed by atoms with Crippen LogP contribution in [0.3, 0.4) is 0 Å². The van der Waals surface area contributed by atoms with Gasteiger partial charge in [0.05, 0.1) is 28.3 Å². The van der Waals surface area contributed by atoms with Crippen LogP contribution in [0.5, 0.6) is 11.5 Å². The molecule has 5 rings (SSSR count). The average Bonchev–Trinajstić information content (AvgIpc) is 3.33. The molecule has 1 aliphatic heterocycles. The van der Waals surface area contributed by atoms with Crippen molar-refractivity contribution in [1.82, 2.24) is 0 Å². The average molecular weight is 675 g/mol. The zero-order chi connectivity index (χ0) is 33.0. The SMILES string of the molecule is C=CCc1cc(/C=C2/SC(=Nc3ccc(C)c(Cl)c3)N(c3ccc(C)c(Cl)c3)C2=O)cc(OC)c1OCc1ccc([N+](=O)[O-])cc1. The maximum Gasteiger partial charge on any atom is 0.271 e. The number of allylic oxidation sites excluding steroid dienone is 1. The number of hydrogen-bond donors (Lipinski definition) is 0. The molecule has 4 aromatic rings. The second-order valence-electron chi connectivity index (χ2n) is 10.4. The van der Waals surface area contributed by atoms with E-state index in [0.29, 0.717) is 55.0 Å². The quantitative estimate of drug-likeness (QED) is 0.0720. The van der Waals surface area contributed by atoms with Gasteiger partial charge in [-0.1, -0.05) is 41.4 Å². The number of hydrogen-bond acceptors (Lipinski definition) is 7. The van der Waals surface area contributed by atoms with Gasteiger partial charge in [0.15, 0.2) is 16.7 Å². The highest BCUT2D eigenvalue weighted by atomic mass is 35.5. The predicted molar refractivity (Wildman–Crippen MR) is 187 cm³/mol. The van der Waals surface area contributed by atoms with E-state index in [-0.39, 0.29) is 18.2 Å². The monoisotopic (exact) mass is 673 g/mol. The van der Waals surface area contributed by atoms with E-state index >= 15 is 0 Å². The van der Waals surface area contributed by atoms with Crippen molar-refractivity contribution in [3.63, 3.8) is 0 Å². The van der Waals surface area contributed by atoms with E-state index in [4.69, 9.17) is 37.7 Å². The number of methoxy groups -OCH3 is 1. The summed E-state index contributed by atoms with van der Waals surface area (Å²) in [5.74, 6) is 0.723. The number of amidine groups is 1. The fourth-order valence-electron chi connectivity index (χ4n) is 4.67. The lowest BCUT2D eigenvalue weighted by Crippen LogP contribution is -2.28. The number of aryl methyl sites for hydroxylation is 2. The number of thioether (sulfide) groups is 1. The molecule has 0 aliphatic carbocycles. The number of nitro benzene ring substituents is 1. The van der Waals surface area contributed by atoms with E-state index in [0.717, 1.165) is 22.3 Å². The normalized spacial score (nSPS) is 14.6. The van der Waals surface area contributed by atoms with Crippen molar-refractivity contribution in [2.24, 2.45) is 4.99 Å². The smallest absolute Gasteiger partial charge is 0.271 e. The topological polar surface area (TPSA) is 94.3 Å². The van der Waals surface area contributed by atoms with Crippen molar-refractivity contribution in [3.8, 4) is 11.5 Å². The zero-order valence-electron chi connectivity index (χ0n) is 25.3. The van der Waals surface area contributed by atoms with Crippen LogP contribution < -0.4 is 14.4 Å². The van der Waals surface area contributed by atoms with Crippen molar-refractivity contribution in [3.05, 3.63) is 138 Å². The first-order chi connectivity index (χ1) is 22.1. The third kappa shape index (κ3) is 7.28. The third-order valence-corrected chi connectivity index (χ3v) is 8.95. The summed E-state index contributed by atoms with van der Waals surface area (Å²) in [5.41, 5.74) is 5.29. The van der Waals surface area contributed by atoms with Crippen molar-refractivity contribution >= 4 is 69.2 Å². The molecule has 0 atom stereocenters. The molecule has 46 heavy (non-hydrogen) atoms. The Labute approximate surface area is 281 Å². The largest absolute Gasteiger partial charge is 0.493 e. The molecule has 1 saturated heterocycles. The minimum absolute atomic E-state index is 0.00491. The van der Waals surface area contributed by atoms with Gasteiger partial charge in [-0.2, -0.15) is 0 Å². The van der Waals surface area contributed by atoms with Crippen LogP contribution >= 0.6 is 35.0 Å². The highest BCUT2D eigenvalue weighted by molar-refractivity contribution is 8.19. The maximum absolute atomic E-state index is 14.0. The highest BCUT2D eigenvalue weighted by Crippen LogP contribution is 2.41. The number of non-ortho nitro benzene ring substituents is 1. The molecule has 1 heterocycles. The van der Waals surface area contributed by atoms with Crippen LogP contribution in [-0.2, 0) is 17.8 Å². The fraction of sp³-hybridized carbons (Fsp3) is 0.143. The number of carbonyl (C=O) groups excluding carboxylic acids is 1. The molecule has 0 radical (unpaired) electrons. The van der Waals surface area contributed by atoms with Crippen molar-refractivity contribution in [1.29, 1.82) is 0 Å². The van der Waals surface area contributed by atoms with Crippen LogP contribution in [0.4, 0.5) is 17.1 Å². The van der Waals surface area contributed by atoms with Crippen molar-refractivity contribution in [2.75, 3.05) is 12.0 Å². The van der Waals surface area contributed by atoms with Crippen molar-refractivity contribution in [2.45, 2.75) is 26.9 Å². The lowest BCUT2D eigenvalue weighted by molar-refractivity contribution is -0.384. The van der Waals surface area contributed by atoms with Crippen LogP contribution in [-0.4, -0.2) is 23.1 Å². The standard InChI is InChI=1S/C35H29Cl2N3O5S/c1-5-6-25-15-24(16-31(44-4)33(25)45-20-23-9-13-27(14-10-23)40(42)43)17-32-34(41)39(28-12-8-22(3)30(37)19-28)35(46-32)38-26-11-7-21(2)29(36)18-26/h5,7-19H,1,6,20H2,2-4H3/b32-17+,38-35?. The molecular formula is C35H29Cl2N3O5S. The minimum Gasteiger partial charge on any atom is -0.493 e. The van der Waals surface area contributed by atoms with E-state index in [9.17, 15) is 14.9 Å². The maximum atomic E-state index is 14.0. The van der Waals surface area contributed by atoms with Gasteiger partial charge in [0.2, 0.25) is 0 Å². The van der Waals surface area contributed by atoms with E-state index < -0.39 is 4.92 Å². The summed E-state index contributed by atoms with van der Waals surface area (Å²) in [7, 11) is 1.54. The molecule has 0 bridgehead atoms. The Balaban J connectivity index is 1.51. The number of halogens is 2. The van der Waals surface area contributed by atoms with E-state index in [1.54, 1.807) is 54.5 Å². The second kappa shape index (κ2) is 14.2. The van der Waals surface area contributed by atoms with Crippen LogP contribution in [0, 0.1) is 24.0 Å². The molecule has 0 N–H and O–H groups in total. The van der Waals surface area contributed by atoms with E-state index in [2.05, 4.69) is 6.58 Å². The lowest BCUT2D eigenvalue weighted by atomic mass is 10.0. The first kappa shape index (κ1) is 32.8. The molecule has 0 aromatic heterocycles. The van der Waals surface area contributed by atoms with Gasteiger partial charge in [-0.15, -0.1) is 6.58 Å². The van der Waals surface area contributed by atoms with E-state index in [1.165, 1.54) is 23.9 Å². The Kier molecular flexibility index (Phi) is 10.2. The first-order valence-corrected chi connectivity index (χ1v) is 15.7. The number of benzene rings is 4. The Morgan fingerprint density at radius 1 is 1.00 bits per heavy atom. The van der Waals surface area contributed by atoms with Gasteiger partial charge in [0, 0.05) is 27.7 Å². The third-order valence-electron chi connectivity index (χ3n) is 7.17. The molecule has 0 saturated carbocycles. The van der Waals surface area contributed by atoms with Gasteiger partial charge in [-0.05, 0) is 109 Å². The summed E-state index contributed by atoms with van der Waals surface area (Å²) in [6, 6.07) is 20.8. The molecule has 11 heteroatoms. The Morgan fingerprint density at radius 3 is 2.33 bits per heavy atom. The number of nitrogens with zero attached hydrogens (tertiary/aromatic N) is 3. The first-order valence-electron chi connectivity index (χ1n) is 14.1. The molecule has 8 nitrogen and oxygen atoms in total. The van der Waals surface area contributed by atoms with Crippen LogP contribution in [0.25, 0.3) is 6.08 Å². The number of rotatable bonds is 10. The molecule has 1 aliphatic rings. The number of aliphatic imine (C=N–C) groups is 1. The fourth-order valence-corrected chi connectivity index (χ4v) is 6.02. The molecule has 0 spiro atoms. The van der Waals surface area contributed by atoms with Gasteiger partial charge >= 0.3 is 0 Å². The summed E-state index contributed by atoms with van der Waals surface area (Å²) in [6.07, 6.45) is 4.01. The summed E-state index contributed by atoms with van der Waals surface area (Å²) < 4.78 is 11.9. The van der Waals surface area contributed by atoms with Crippen LogP contribution in [0.2, 0.25) is 10.0 Å². The summed E-state index contributed by atoms with van der Waals surface area (Å²) in [5, 5.41) is 12.6. The molecule has 234 valence electrons. The summed E-state index contributed by atoms with van der Waals surface area (Å²) in [6.45, 7) is 7.86. The second-order valence-corrected chi connectivity index (χ2v) is 12.3. The Morgan fingerprint density at radius 2 is 1.70 bits per heavy atom. The Hall–Kier alpha value is -4.57. The predicted octanol–water partition coefficient (Wildman–Crippen LogP) is 9.64. The lowest BCUT2D eigenvalue weighted by Gasteiger charge is -2.17. The number of ether oxygens (including phenoxy) is 2. The number of anilines is 1. The number of nitro groups is 1. The summed E-state index contributed by atoms with van der Waals surface area (Å²) in [4.78, 5) is 31.3. The molecule has 4 aromatic carbocycles. The molecule has 1 amide bonds. The number of amides is 1. The van der Waals surface area contributed by atoms with Crippen molar-refractivity contribution < 1.29 is 19.2 Å². The van der Waals surface area contributed by atoms with Gasteiger partial charge < -0.3 is 9.47 Å². The number of carbonyl (C=O) groups is 1. The highest BCUT2D eigenvalue weighted by Gasteiger charge is 2.35.